The predicted molar refractivity (Wildman–Crippen MR) is 94.4 cm³/mol. The smallest absolute Gasteiger partial charge is 0.339 e. The minimum atomic E-state index is -0.965. The molecule has 2 aromatic carbocycles. The number of hydrogen-bond acceptors (Lipinski definition) is 10. The number of nitro groups is 2. The zero-order chi connectivity index (χ0) is 20.3. The standard InChI is InChI=1S/C15H10N6O6S/c1-27-14(22)11-7-10(20(23)24)8-12(21(25)26)13(11)28-15-16-17-18-19(15)9-5-3-2-4-6-9/h2-8H,1H3. The first-order chi connectivity index (χ1) is 13.4. The van der Waals surface area contributed by atoms with Gasteiger partial charge in [-0.15, -0.1) is 5.10 Å². The summed E-state index contributed by atoms with van der Waals surface area (Å²) >= 11 is 0.723. The molecule has 3 rings (SSSR count). The molecular weight excluding hydrogens is 392 g/mol. The fourth-order valence-corrected chi connectivity index (χ4v) is 3.25. The average Bonchev–Trinajstić information content (AvgIpc) is 3.16. The number of rotatable bonds is 6. The number of esters is 1. The summed E-state index contributed by atoms with van der Waals surface area (Å²) in [4.78, 5) is 32.9. The van der Waals surface area contributed by atoms with E-state index in [0.29, 0.717) is 5.69 Å². The van der Waals surface area contributed by atoms with E-state index in [1.54, 1.807) is 30.3 Å². The monoisotopic (exact) mass is 402 g/mol. The molecule has 0 amide bonds. The Balaban J connectivity index is 2.17. The molecule has 0 saturated carbocycles. The van der Waals surface area contributed by atoms with Gasteiger partial charge in [-0.25, -0.2) is 4.79 Å². The number of non-ortho nitro benzene ring substituents is 1. The molecule has 0 bridgehead atoms. The number of carbonyl (C=O) groups excluding carboxylic acids is 1. The molecule has 0 spiro atoms. The average molecular weight is 402 g/mol. The van der Waals surface area contributed by atoms with E-state index in [2.05, 4.69) is 20.3 Å². The summed E-state index contributed by atoms with van der Waals surface area (Å²) in [6.45, 7) is 0. The first-order valence-corrected chi connectivity index (χ1v) is 8.30. The molecule has 12 nitrogen and oxygen atoms in total. The Labute approximate surface area is 160 Å². The highest BCUT2D eigenvalue weighted by molar-refractivity contribution is 7.99. The quantitative estimate of drug-likeness (QED) is 0.341. The van der Waals surface area contributed by atoms with Crippen molar-refractivity contribution < 1.29 is 19.4 Å². The molecule has 0 aliphatic heterocycles. The van der Waals surface area contributed by atoms with E-state index in [4.69, 9.17) is 0 Å². The molecule has 0 unspecified atom stereocenters. The summed E-state index contributed by atoms with van der Waals surface area (Å²) in [5.74, 6) is -0.965. The van der Waals surface area contributed by atoms with Gasteiger partial charge in [-0.1, -0.05) is 18.2 Å². The number of aromatic nitrogens is 4. The fraction of sp³-hybridized carbons (Fsp3) is 0.0667. The van der Waals surface area contributed by atoms with Crippen molar-refractivity contribution in [1.29, 1.82) is 0 Å². The Morgan fingerprint density at radius 3 is 2.46 bits per heavy atom. The Bertz CT molecular complexity index is 1070. The van der Waals surface area contributed by atoms with Gasteiger partial charge in [-0.05, 0) is 34.3 Å². The largest absolute Gasteiger partial charge is 0.465 e. The SMILES string of the molecule is COC(=O)c1cc([N+](=O)[O-])cc([N+](=O)[O-])c1Sc1nnnn1-c1ccccc1. The summed E-state index contributed by atoms with van der Waals surface area (Å²) < 4.78 is 5.94. The second-order valence-electron chi connectivity index (χ2n) is 5.16. The Morgan fingerprint density at radius 1 is 1.14 bits per heavy atom. The normalized spacial score (nSPS) is 10.5. The van der Waals surface area contributed by atoms with Crippen LogP contribution >= 0.6 is 11.8 Å². The highest BCUT2D eigenvalue weighted by Gasteiger charge is 2.30. The predicted octanol–water partition coefficient (Wildman–Crippen LogP) is 2.42. The first kappa shape index (κ1) is 18.9. The molecule has 3 aromatic rings. The van der Waals surface area contributed by atoms with Crippen LogP contribution in [0, 0.1) is 20.2 Å². The summed E-state index contributed by atoms with van der Waals surface area (Å²) in [5, 5.41) is 33.9. The summed E-state index contributed by atoms with van der Waals surface area (Å²) in [5.41, 5.74) is -1.00. The van der Waals surface area contributed by atoms with E-state index in [0.717, 1.165) is 31.0 Å². The Morgan fingerprint density at radius 2 is 1.86 bits per heavy atom. The van der Waals surface area contributed by atoms with Crippen LogP contribution in [0.4, 0.5) is 11.4 Å². The molecule has 0 N–H and O–H groups in total. The molecular formula is C15H10N6O6S. The van der Waals surface area contributed by atoms with Gasteiger partial charge in [-0.2, -0.15) is 4.68 Å². The van der Waals surface area contributed by atoms with Gasteiger partial charge < -0.3 is 4.74 Å². The zero-order valence-corrected chi connectivity index (χ0v) is 14.9. The van der Waals surface area contributed by atoms with Gasteiger partial charge in [0.2, 0.25) is 5.16 Å². The van der Waals surface area contributed by atoms with Crippen LogP contribution in [-0.4, -0.2) is 43.1 Å². The van der Waals surface area contributed by atoms with E-state index >= 15 is 0 Å². The number of nitrogens with zero attached hydrogens (tertiary/aromatic N) is 6. The number of tetrazole rings is 1. The van der Waals surface area contributed by atoms with Crippen molar-refractivity contribution in [2.45, 2.75) is 10.1 Å². The van der Waals surface area contributed by atoms with E-state index in [-0.39, 0.29) is 15.6 Å². The van der Waals surface area contributed by atoms with Gasteiger partial charge in [0.25, 0.3) is 11.4 Å². The van der Waals surface area contributed by atoms with E-state index in [1.807, 2.05) is 0 Å². The highest BCUT2D eigenvalue weighted by Crippen LogP contribution is 2.40. The molecule has 28 heavy (non-hydrogen) atoms. The maximum absolute atomic E-state index is 12.1. The number of methoxy groups -OCH3 is 1. The van der Waals surface area contributed by atoms with Gasteiger partial charge in [0.05, 0.1) is 34.3 Å². The summed E-state index contributed by atoms with van der Waals surface area (Å²) in [6.07, 6.45) is 0. The first-order valence-electron chi connectivity index (χ1n) is 7.49. The lowest BCUT2D eigenvalue weighted by atomic mass is 10.1. The highest BCUT2D eigenvalue weighted by atomic mass is 32.2. The van der Waals surface area contributed by atoms with Crippen LogP contribution in [0.3, 0.4) is 0 Å². The molecule has 1 aromatic heterocycles. The maximum atomic E-state index is 12.1. The van der Waals surface area contributed by atoms with Gasteiger partial charge in [-0.3, -0.25) is 20.2 Å². The van der Waals surface area contributed by atoms with Crippen molar-refractivity contribution in [3.05, 3.63) is 68.3 Å². The minimum absolute atomic E-state index is 0.119. The van der Waals surface area contributed by atoms with Crippen LogP contribution in [0.5, 0.6) is 0 Å². The van der Waals surface area contributed by atoms with Crippen LogP contribution < -0.4 is 0 Å². The molecule has 0 aliphatic rings. The molecule has 0 fully saturated rings. The molecule has 0 aliphatic carbocycles. The lowest BCUT2D eigenvalue weighted by Gasteiger charge is -2.08. The fourth-order valence-electron chi connectivity index (χ4n) is 2.27. The van der Waals surface area contributed by atoms with Gasteiger partial charge >= 0.3 is 5.97 Å². The number of para-hydroxylation sites is 1. The molecule has 0 radical (unpaired) electrons. The van der Waals surface area contributed by atoms with Crippen molar-refractivity contribution in [1.82, 2.24) is 20.2 Å². The topological polar surface area (TPSA) is 156 Å². The Kier molecular flexibility index (Phi) is 5.26. The molecule has 0 atom stereocenters. The van der Waals surface area contributed by atoms with Crippen LogP contribution in [0.2, 0.25) is 0 Å². The minimum Gasteiger partial charge on any atom is -0.465 e. The van der Waals surface area contributed by atoms with Crippen LogP contribution in [0.15, 0.2) is 52.5 Å². The van der Waals surface area contributed by atoms with Crippen molar-refractivity contribution >= 4 is 29.1 Å². The van der Waals surface area contributed by atoms with E-state index < -0.39 is 27.2 Å². The van der Waals surface area contributed by atoms with Gasteiger partial charge in [0.15, 0.2) is 0 Å². The van der Waals surface area contributed by atoms with Gasteiger partial charge in [0, 0.05) is 6.07 Å². The number of ether oxygens (including phenoxy) is 1. The number of benzene rings is 2. The summed E-state index contributed by atoms with van der Waals surface area (Å²) in [7, 11) is 1.06. The number of nitro benzene ring substituents is 2. The second-order valence-corrected chi connectivity index (χ2v) is 6.14. The lowest BCUT2D eigenvalue weighted by molar-refractivity contribution is -0.396. The van der Waals surface area contributed by atoms with Crippen molar-refractivity contribution in [3.63, 3.8) is 0 Å². The van der Waals surface area contributed by atoms with Crippen LogP contribution in [0.1, 0.15) is 10.4 Å². The molecule has 1 heterocycles. The second kappa shape index (κ2) is 7.79. The molecule has 0 saturated heterocycles. The van der Waals surface area contributed by atoms with E-state index in [1.165, 1.54) is 4.68 Å². The van der Waals surface area contributed by atoms with Crippen molar-refractivity contribution in [3.8, 4) is 5.69 Å². The molecule has 13 heteroatoms. The van der Waals surface area contributed by atoms with Crippen molar-refractivity contribution in [2.24, 2.45) is 0 Å². The third-order valence-corrected chi connectivity index (χ3v) is 4.57. The third kappa shape index (κ3) is 3.64. The van der Waals surface area contributed by atoms with Crippen LogP contribution in [-0.2, 0) is 4.74 Å². The molecule has 142 valence electrons. The zero-order valence-electron chi connectivity index (χ0n) is 14.1. The third-order valence-electron chi connectivity index (χ3n) is 3.50. The number of carbonyl (C=O) groups is 1. The summed E-state index contributed by atoms with van der Waals surface area (Å²) in [6, 6.07) is 10.4. The maximum Gasteiger partial charge on any atom is 0.339 e. The van der Waals surface area contributed by atoms with Crippen molar-refractivity contribution in [2.75, 3.05) is 7.11 Å². The van der Waals surface area contributed by atoms with E-state index in [9.17, 15) is 25.0 Å². The Hall–Kier alpha value is -3.87. The lowest BCUT2D eigenvalue weighted by Crippen LogP contribution is -2.08. The van der Waals surface area contributed by atoms with Crippen LogP contribution in [0.25, 0.3) is 5.69 Å². The number of hydrogen-bond donors (Lipinski definition) is 0. The van der Waals surface area contributed by atoms with Gasteiger partial charge in [0.1, 0.15) is 4.90 Å².